The number of carbonyl (C=O) groups is 1. The van der Waals surface area contributed by atoms with E-state index in [1.807, 2.05) is 16.9 Å². The van der Waals surface area contributed by atoms with Crippen molar-refractivity contribution in [2.45, 2.75) is 31.7 Å². The molecule has 5 nitrogen and oxygen atoms in total. The monoisotopic (exact) mass is 280 g/mol. The smallest absolute Gasteiger partial charge is 0.276 e. The Kier molecular flexibility index (Phi) is 3.69. The van der Waals surface area contributed by atoms with Crippen molar-refractivity contribution in [2.75, 3.05) is 5.32 Å². The lowest BCUT2D eigenvalue weighted by Crippen LogP contribution is -2.14. The zero-order valence-corrected chi connectivity index (χ0v) is 11.6. The van der Waals surface area contributed by atoms with Crippen molar-refractivity contribution in [3.8, 4) is 6.07 Å². The second-order valence-electron chi connectivity index (χ2n) is 5.26. The van der Waals surface area contributed by atoms with Gasteiger partial charge in [-0.05, 0) is 43.2 Å². The Morgan fingerprint density at radius 2 is 1.95 bits per heavy atom. The van der Waals surface area contributed by atoms with Gasteiger partial charge in [-0.1, -0.05) is 12.8 Å². The van der Waals surface area contributed by atoms with Crippen LogP contribution in [0.2, 0.25) is 0 Å². The van der Waals surface area contributed by atoms with Crippen LogP contribution in [0.5, 0.6) is 0 Å². The van der Waals surface area contributed by atoms with Crippen molar-refractivity contribution < 1.29 is 4.79 Å². The molecule has 2 aromatic rings. The second-order valence-corrected chi connectivity index (χ2v) is 5.26. The van der Waals surface area contributed by atoms with Crippen LogP contribution in [0.15, 0.2) is 36.5 Å². The Morgan fingerprint density at radius 3 is 2.62 bits per heavy atom. The number of benzene rings is 1. The quantitative estimate of drug-likeness (QED) is 0.939. The van der Waals surface area contributed by atoms with E-state index < -0.39 is 0 Å². The Morgan fingerprint density at radius 1 is 1.24 bits per heavy atom. The van der Waals surface area contributed by atoms with Crippen LogP contribution in [0.4, 0.5) is 5.69 Å². The first-order chi connectivity index (χ1) is 10.3. The van der Waals surface area contributed by atoms with Crippen LogP contribution in [0.25, 0.3) is 0 Å². The first-order valence-corrected chi connectivity index (χ1v) is 7.13. The van der Waals surface area contributed by atoms with Crippen LogP contribution >= 0.6 is 0 Å². The Balaban J connectivity index is 1.68. The van der Waals surface area contributed by atoms with E-state index in [9.17, 15) is 4.79 Å². The molecule has 0 atom stereocenters. The summed E-state index contributed by atoms with van der Waals surface area (Å²) >= 11 is 0. The maximum absolute atomic E-state index is 12.1. The van der Waals surface area contributed by atoms with E-state index in [4.69, 9.17) is 5.26 Å². The molecule has 1 amide bonds. The highest BCUT2D eigenvalue weighted by molar-refractivity contribution is 6.02. The minimum absolute atomic E-state index is 0.226. The van der Waals surface area contributed by atoms with E-state index in [0.717, 1.165) is 12.8 Å². The SMILES string of the molecule is N#Cc1ccc(NC(=O)c2ccn(C3CCCC3)n2)cc1. The first-order valence-electron chi connectivity index (χ1n) is 7.13. The molecule has 1 saturated carbocycles. The number of nitriles is 1. The lowest BCUT2D eigenvalue weighted by atomic mass is 10.2. The second kappa shape index (κ2) is 5.80. The molecule has 1 heterocycles. The normalized spacial score (nSPS) is 14.8. The Bertz CT molecular complexity index is 675. The third-order valence-electron chi connectivity index (χ3n) is 3.81. The van der Waals surface area contributed by atoms with Crippen LogP contribution in [0.3, 0.4) is 0 Å². The standard InChI is InChI=1S/C16H16N4O/c17-11-12-5-7-13(8-6-12)18-16(21)15-9-10-20(19-15)14-3-1-2-4-14/h5-10,14H,1-4H2,(H,18,21). The summed E-state index contributed by atoms with van der Waals surface area (Å²) in [6, 6.07) is 11.0. The largest absolute Gasteiger partial charge is 0.321 e. The van der Waals surface area contributed by atoms with E-state index in [1.54, 1.807) is 30.3 Å². The number of hydrogen-bond acceptors (Lipinski definition) is 3. The zero-order chi connectivity index (χ0) is 14.7. The first kappa shape index (κ1) is 13.4. The van der Waals surface area contributed by atoms with Gasteiger partial charge in [-0.2, -0.15) is 10.4 Å². The van der Waals surface area contributed by atoms with Crippen molar-refractivity contribution >= 4 is 11.6 Å². The van der Waals surface area contributed by atoms with E-state index >= 15 is 0 Å². The molecule has 1 aliphatic rings. The summed E-state index contributed by atoms with van der Waals surface area (Å²) in [6.07, 6.45) is 6.62. The summed E-state index contributed by atoms with van der Waals surface area (Å²) in [7, 11) is 0. The van der Waals surface area contributed by atoms with Gasteiger partial charge in [0.05, 0.1) is 17.7 Å². The summed E-state index contributed by atoms with van der Waals surface area (Å²) < 4.78 is 1.90. The lowest BCUT2D eigenvalue weighted by molar-refractivity contribution is 0.102. The van der Waals surface area contributed by atoms with E-state index in [2.05, 4.69) is 10.4 Å². The van der Waals surface area contributed by atoms with Crippen LogP contribution < -0.4 is 5.32 Å². The molecule has 0 bridgehead atoms. The molecule has 1 aromatic carbocycles. The fourth-order valence-corrected chi connectivity index (χ4v) is 2.65. The van der Waals surface area contributed by atoms with Gasteiger partial charge in [0.2, 0.25) is 0 Å². The molecule has 0 saturated heterocycles. The van der Waals surface area contributed by atoms with Crippen LogP contribution in [-0.4, -0.2) is 15.7 Å². The summed E-state index contributed by atoms with van der Waals surface area (Å²) in [6.45, 7) is 0. The number of carbonyl (C=O) groups excluding carboxylic acids is 1. The molecule has 1 fully saturated rings. The lowest BCUT2D eigenvalue weighted by Gasteiger charge is -2.08. The minimum atomic E-state index is -0.226. The van der Waals surface area contributed by atoms with Crippen LogP contribution in [0.1, 0.15) is 47.8 Å². The molecular weight excluding hydrogens is 264 g/mol. The Hall–Kier alpha value is -2.61. The summed E-state index contributed by atoms with van der Waals surface area (Å²) in [5.41, 5.74) is 1.65. The van der Waals surface area contributed by atoms with Gasteiger partial charge in [0, 0.05) is 11.9 Å². The molecular formula is C16H16N4O. The summed E-state index contributed by atoms with van der Waals surface area (Å²) in [5, 5.41) is 15.9. The maximum atomic E-state index is 12.1. The highest BCUT2D eigenvalue weighted by Gasteiger charge is 2.19. The van der Waals surface area contributed by atoms with Crippen molar-refractivity contribution in [1.82, 2.24) is 9.78 Å². The summed E-state index contributed by atoms with van der Waals surface area (Å²) in [4.78, 5) is 12.1. The predicted molar refractivity (Wildman–Crippen MR) is 78.8 cm³/mol. The number of aromatic nitrogens is 2. The van der Waals surface area contributed by atoms with Gasteiger partial charge in [0.1, 0.15) is 0 Å². The molecule has 5 heteroatoms. The maximum Gasteiger partial charge on any atom is 0.276 e. The van der Waals surface area contributed by atoms with Gasteiger partial charge in [0.15, 0.2) is 5.69 Å². The highest BCUT2D eigenvalue weighted by Crippen LogP contribution is 2.28. The van der Waals surface area contributed by atoms with Gasteiger partial charge in [0.25, 0.3) is 5.91 Å². The molecule has 1 N–H and O–H groups in total. The van der Waals surface area contributed by atoms with Gasteiger partial charge in [-0.15, -0.1) is 0 Å². The highest BCUT2D eigenvalue weighted by atomic mass is 16.1. The number of amides is 1. The van der Waals surface area contributed by atoms with Crippen molar-refractivity contribution in [3.63, 3.8) is 0 Å². The number of nitrogens with one attached hydrogen (secondary N) is 1. The molecule has 0 aliphatic heterocycles. The van der Waals surface area contributed by atoms with Gasteiger partial charge >= 0.3 is 0 Å². The van der Waals surface area contributed by atoms with E-state index in [0.29, 0.717) is 23.0 Å². The Labute approximate surface area is 123 Å². The van der Waals surface area contributed by atoms with E-state index in [1.165, 1.54) is 12.8 Å². The number of rotatable bonds is 3. The predicted octanol–water partition coefficient (Wildman–Crippen LogP) is 3.12. The third kappa shape index (κ3) is 2.95. The summed E-state index contributed by atoms with van der Waals surface area (Å²) in [5.74, 6) is -0.226. The molecule has 0 unspecified atom stereocenters. The van der Waals surface area contributed by atoms with Gasteiger partial charge in [-0.25, -0.2) is 0 Å². The molecule has 21 heavy (non-hydrogen) atoms. The average Bonchev–Trinajstić information content (AvgIpc) is 3.19. The van der Waals surface area contributed by atoms with Crippen molar-refractivity contribution in [2.24, 2.45) is 0 Å². The topological polar surface area (TPSA) is 70.7 Å². The number of nitrogens with zero attached hydrogens (tertiary/aromatic N) is 3. The average molecular weight is 280 g/mol. The van der Waals surface area contributed by atoms with Crippen LogP contribution in [-0.2, 0) is 0 Å². The minimum Gasteiger partial charge on any atom is -0.321 e. The fraction of sp³-hybridized carbons (Fsp3) is 0.312. The molecule has 0 radical (unpaired) electrons. The number of hydrogen-bond donors (Lipinski definition) is 1. The molecule has 1 aliphatic carbocycles. The number of anilines is 1. The zero-order valence-electron chi connectivity index (χ0n) is 11.6. The molecule has 3 rings (SSSR count). The van der Waals surface area contributed by atoms with Crippen LogP contribution in [0, 0.1) is 11.3 Å². The third-order valence-corrected chi connectivity index (χ3v) is 3.81. The molecule has 1 aromatic heterocycles. The van der Waals surface area contributed by atoms with E-state index in [-0.39, 0.29) is 5.91 Å². The van der Waals surface area contributed by atoms with Crippen molar-refractivity contribution in [1.29, 1.82) is 5.26 Å². The van der Waals surface area contributed by atoms with Gasteiger partial charge in [-0.3, -0.25) is 9.48 Å². The molecule has 106 valence electrons. The molecule has 0 spiro atoms. The van der Waals surface area contributed by atoms with Crippen molar-refractivity contribution in [3.05, 3.63) is 47.8 Å². The fourth-order valence-electron chi connectivity index (χ4n) is 2.65. The van der Waals surface area contributed by atoms with Gasteiger partial charge < -0.3 is 5.32 Å².